The first kappa shape index (κ1) is 51.4. The number of amides is 4. The first-order valence-electron chi connectivity index (χ1n) is 17.5. The molecule has 54 heavy (non-hydrogen) atoms. The lowest BCUT2D eigenvalue weighted by Crippen LogP contribution is -2.51. The smallest absolute Gasteiger partial charge is 0.326 e. The Kier molecular flexibility index (Phi) is 24.1. The van der Waals surface area contributed by atoms with Gasteiger partial charge in [0.2, 0.25) is 17.7 Å². The molecule has 2 atom stereocenters. The zero-order valence-corrected chi connectivity index (χ0v) is 33.2. The number of carboxylic acids is 2. The van der Waals surface area contributed by atoms with Crippen LogP contribution in [0, 0.1) is 10.8 Å². The van der Waals surface area contributed by atoms with Crippen LogP contribution in [0.4, 0.5) is 5.69 Å². The van der Waals surface area contributed by atoms with Gasteiger partial charge in [0.25, 0.3) is 16.0 Å². The average Bonchev–Trinajstić information content (AvgIpc) is 3.08. The lowest BCUT2D eigenvalue weighted by atomic mass is 9.74. The van der Waals surface area contributed by atoms with Crippen LogP contribution in [0.1, 0.15) is 90.9 Å². The van der Waals surface area contributed by atoms with E-state index < -0.39 is 75.0 Å². The quantitative estimate of drug-likeness (QED) is 0.0555. The van der Waals surface area contributed by atoms with Gasteiger partial charge < -0.3 is 48.3 Å². The number of aliphatic carboxylic acids is 2. The number of carbonyl (C=O) groups excluding carboxylic acids is 4. The number of unbranched alkanes of at least 4 members (excludes halogenated alkanes) is 1. The molecule has 0 aliphatic carbocycles. The molecule has 0 aliphatic heterocycles. The summed E-state index contributed by atoms with van der Waals surface area (Å²) >= 11 is 0. The Morgan fingerprint density at radius 3 is 1.93 bits per heavy atom. The zero-order chi connectivity index (χ0) is 42.3. The summed E-state index contributed by atoms with van der Waals surface area (Å²) in [5, 5.41) is 31.8. The van der Waals surface area contributed by atoms with Gasteiger partial charge in [-0.25, -0.2) is 4.79 Å². The highest BCUT2D eigenvalue weighted by molar-refractivity contribution is 7.85. The molecule has 0 spiro atoms. The summed E-state index contributed by atoms with van der Waals surface area (Å²) in [6.45, 7) is 17.0. The third kappa shape index (κ3) is 22.3. The van der Waals surface area contributed by atoms with Crippen LogP contribution >= 0.6 is 0 Å². The minimum Gasteiger partial charge on any atom is -0.481 e. The number of nitrogens with two attached hydrogens (primary N) is 2. The molecule has 308 valence electrons. The first-order valence-corrected chi connectivity index (χ1v) is 19.1. The summed E-state index contributed by atoms with van der Waals surface area (Å²) in [7, 11) is -4.67. The number of benzene rings is 1. The third-order valence-electron chi connectivity index (χ3n) is 7.39. The number of hydrogen-bond acceptors (Lipinski definition) is 11. The molecule has 19 heteroatoms. The predicted octanol–water partition coefficient (Wildman–Crippen LogP) is 1.44. The summed E-state index contributed by atoms with van der Waals surface area (Å²) in [5.74, 6) is -5.84. The van der Waals surface area contributed by atoms with E-state index in [1.54, 1.807) is 0 Å². The molecule has 2 unspecified atom stereocenters. The maximum Gasteiger partial charge on any atom is 0.326 e. The lowest BCUT2D eigenvalue weighted by Gasteiger charge is -2.33. The highest BCUT2D eigenvalue weighted by Crippen LogP contribution is 2.34. The van der Waals surface area contributed by atoms with Crippen molar-refractivity contribution >= 4 is 51.4 Å². The zero-order valence-electron chi connectivity index (χ0n) is 32.4. The van der Waals surface area contributed by atoms with Crippen molar-refractivity contribution in [3.63, 3.8) is 0 Å². The van der Waals surface area contributed by atoms with Crippen LogP contribution in [0.5, 0.6) is 0 Å². The van der Waals surface area contributed by atoms with Crippen molar-refractivity contribution in [2.24, 2.45) is 22.3 Å². The van der Waals surface area contributed by atoms with Crippen LogP contribution in [0.2, 0.25) is 0 Å². The Morgan fingerprint density at radius 2 is 1.46 bits per heavy atom. The molecule has 0 heterocycles. The maximum atomic E-state index is 12.9. The van der Waals surface area contributed by atoms with E-state index in [9.17, 15) is 52.0 Å². The molecule has 12 N–H and O–H groups in total. The minimum absolute atomic E-state index is 0.0103. The van der Waals surface area contributed by atoms with E-state index >= 15 is 0 Å². The van der Waals surface area contributed by atoms with E-state index in [4.69, 9.17) is 11.5 Å². The van der Waals surface area contributed by atoms with Crippen LogP contribution < -0.4 is 38.1 Å². The second-order valence-electron chi connectivity index (χ2n) is 13.3. The van der Waals surface area contributed by atoms with Crippen molar-refractivity contribution in [3.05, 3.63) is 42.1 Å². The molecule has 0 aromatic heterocycles. The van der Waals surface area contributed by atoms with Gasteiger partial charge in [-0.1, -0.05) is 47.6 Å². The molecule has 1 rings (SSSR count). The van der Waals surface area contributed by atoms with Crippen LogP contribution in [0.3, 0.4) is 0 Å². The third-order valence-corrected chi connectivity index (χ3v) is 8.15. The molecule has 18 nitrogen and oxygen atoms in total. The Balaban J connectivity index is 0. The summed E-state index contributed by atoms with van der Waals surface area (Å²) in [4.78, 5) is 70.0. The standard InChI is InChI=1S/C20H34N4O10S.C13H21N3O.C2H6/c1-11(23-12(16(27)28)6-7-15(26)22-8-14(21)25)13(9-35(32,33)34)24-17(29)19(2,3)10-20(4,5)18(30)31;1-2-3-9-16-13(17)11-4-6-12(7-5-11)15-10-8-14;1-2/h12-13,23H,1,6-10H2,2-5H3,(H2,21,25)(H,22,26)(H,24,29)(H,27,28)(H,30,31)(H,32,33,34);4-7,15H,2-3,8-10,14H2,1H3,(H,16,17);1-2H3. The van der Waals surface area contributed by atoms with Crippen molar-refractivity contribution < 1.29 is 52.0 Å². The van der Waals surface area contributed by atoms with E-state index in [0.717, 1.165) is 31.6 Å². The second kappa shape index (κ2) is 25.3. The van der Waals surface area contributed by atoms with Crippen molar-refractivity contribution in [2.45, 2.75) is 92.7 Å². The average molecular weight is 788 g/mol. The molecular formula is C35H61N7O11S. The largest absolute Gasteiger partial charge is 0.481 e. The number of anilines is 1. The summed E-state index contributed by atoms with van der Waals surface area (Å²) < 4.78 is 32.3. The van der Waals surface area contributed by atoms with E-state index in [1.807, 2.05) is 38.1 Å². The molecule has 0 saturated carbocycles. The monoisotopic (exact) mass is 787 g/mol. The van der Waals surface area contributed by atoms with Crippen molar-refractivity contribution in [1.82, 2.24) is 21.3 Å². The fourth-order valence-electron chi connectivity index (χ4n) is 4.62. The molecule has 1 aromatic carbocycles. The van der Waals surface area contributed by atoms with Gasteiger partial charge in [-0.05, 0) is 57.4 Å². The van der Waals surface area contributed by atoms with Crippen molar-refractivity contribution in [3.8, 4) is 0 Å². The second-order valence-corrected chi connectivity index (χ2v) is 14.8. The summed E-state index contributed by atoms with van der Waals surface area (Å²) in [5.41, 5.74) is 9.11. The number of rotatable bonds is 23. The SMILES string of the molecule is C=C(NC(CCC(=O)NCC(N)=O)C(=O)O)C(CS(=O)(=O)O)NC(=O)C(C)(C)CC(C)(C)C(=O)O.CC.CCCCNC(=O)c1ccc(NCCN)cc1. The molecule has 0 saturated heterocycles. The maximum absolute atomic E-state index is 12.9. The Hall–Kier alpha value is -4.75. The Bertz CT molecular complexity index is 1500. The Morgan fingerprint density at radius 1 is 0.889 bits per heavy atom. The number of nitrogens with one attached hydrogen (secondary N) is 5. The topological polar surface area (TPSA) is 309 Å². The van der Waals surface area contributed by atoms with Gasteiger partial charge in [0, 0.05) is 48.4 Å². The normalized spacial score (nSPS) is 12.2. The molecule has 0 radical (unpaired) electrons. The number of hydrogen-bond donors (Lipinski definition) is 10. The van der Waals surface area contributed by atoms with Gasteiger partial charge in [-0.3, -0.25) is 28.5 Å². The first-order chi connectivity index (χ1) is 24.9. The van der Waals surface area contributed by atoms with Gasteiger partial charge in [-0.15, -0.1) is 0 Å². The van der Waals surface area contributed by atoms with Crippen molar-refractivity contribution in [1.29, 1.82) is 0 Å². The summed E-state index contributed by atoms with van der Waals surface area (Å²) in [6, 6.07) is 4.49. The fourth-order valence-corrected chi connectivity index (χ4v) is 5.33. The van der Waals surface area contributed by atoms with Crippen LogP contribution in [-0.4, -0.2) is 103 Å². The molecule has 4 amide bonds. The minimum atomic E-state index is -4.67. The lowest BCUT2D eigenvalue weighted by molar-refractivity contribution is -0.150. The van der Waals surface area contributed by atoms with E-state index in [1.165, 1.54) is 27.7 Å². The van der Waals surface area contributed by atoms with E-state index in [2.05, 4.69) is 40.1 Å². The number of primary amides is 1. The number of carboxylic acid groups (broad SMARTS) is 2. The van der Waals surface area contributed by atoms with Gasteiger partial charge >= 0.3 is 11.9 Å². The van der Waals surface area contributed by atoms with E-state index in [0.29, 0.717) is 12.1 Å². The van der Waals surface area contributed by atoms with Crippen LogP contribution in [-0.2, 0) is 34.1 Å². The van der Waals surface area contributed by atoms with Crippen molar-refractivity contribution in [2.75, 3.05) is 37.2 Å². The molecule has 0 aliphatic rings. The van der Waals surface area contributed by atoms with Crippen LogP contribution in [0.25, 0.3) is 0 Å². The predicted molar refractivity (Wildman–Crippen MR) is 206 cm³/mol. The molecule has 0 bridgehead atoms. The van der Waals surface area contributed by atoms with Gasteiger partial charge in [0.15, 0.2) is 0 Å². The fraction of sp³-hybridized carbons (Fsp3) is 0.600. The van der Waals surface area contributed by atoms with E-state index in [-0.39, 0.29) is 30.9 Å². The Labute approximate surface area is 318 Å². The number of carbonyl (C=O) groups is 6. The van der Waals surface area contributed by atoms with Gasteiger partial charge in [0.05, 0.1) is 18.0 Å². The summed E-state index contributed by atoms with van der Waals surface area (Å²) in [6.07, 6.45) is 1.34. The molecule has 1 aromatic rings. The highest BCUT2D eigenvalue weighted by Gasteiger charge is 2.40. The van der Waals surface area contributed by atoms with Gasteiger partial charge in [0.1, 0.15) is 11.8 Å². The highest BCUT2D eigenvalue weighted by atomic mass is 32.2. The van der Waals surface area contributed by atoms with Crippen LogP contribution in [0.15, 0.2) is 36.5 Å². The van der Waals surface area contributed by atoms with Gasteiger partial charge in [-0.2, -0.15) is 8.42 Å². The molecular weight excluding hydrogens is 726 g/mol. The molecule has 0 fully saturated rings.